The molecule has 32 heavy (non-hydrogen) atoms. The average molecular weight is 441 g/mol. The summed E-state index contributed by atoms with van der Waals surface area (Å²) in [5.41, 5.74) is 6.11. The number of nitrogens with zero attached hydrogens (tertiary/aromatic N) is 3. The van der Waals surface area contributed by atoms with Crippen molar-refractivity contribution in [1.29, 1.82) is 0 Å². The van der Waals surface area contributed by atoms with Gasteiger partial charge in [-0.25, -0.2) is 9.59 Å². The number of rotatable bonds is 2. The minimum Gasteiger partial charge on any atom is -0.444 e. The van der Waals surface area contributed by atoms with Crippen molar-refractivity contribution in [2.24, 2.45) is 13.0 Å². The van der Waals surface area contributed by atoms with E-state index in [-0.39, 0.29) is 36.4 Å². The number of likely N-dealkylation sites (tertiary alicyclic amines) is 1. The molecular formula is C23H28N4O5. The van der Waals surface area contributed by atoms with E-state index in [1.54, 1.807) is 16.5 Å². The molecule has 2 saturated heterocycles. The molecule has 3 amide bonds. The number of aromatic nitrogens is 2. The summed E-state index contributed by atoms with van der Waals surface area (Å²) in [6.45, 7) is 6.65. The van der Waals surface area contributed by atoms with Gasteiger partial charge in [0.1, 0.15) is 17.0 Å². The number of hydrogen-bond donors (Lipinski definition) is 1. The van der Waals surface area contributed by atoms with Gasteiger partial charge in [0.2, 0.25) is 11.8 Å². The molecule has 1 aliphatic carbocycles. The van der Waals surface area contributed by atoms with Crippen molar-refractivity contribution < 1.29 is 19.1 Å². The summed E-state index contributed by atoms with van der Waals surface area (Å²) >= 11 is 0. The molecule has 1 unspecified atom stereocenters. The van der Waals surface area contributed by atoms with E-state index in [9.17, 15) is 19.2 Å². The highest BCUT2D eigenvalue weighted by Gasteiger charge is 2.33. The minimum atomic E-state index is -0.752. The Morgan fingerprint density at radius 2 is 1.84 bits per heavy atom. The number of ether oxygens (including phenoxy) is 1. The maximum Gasteiger partial charge on any atom is 0.410 e. The van der Waals surface area contributed by atoms with Crippen LogP contribution in [-0.2, 0) is 21.4 Å². The van der Waals surface area contributed by atoms with Crippen molar-refractivity contribution in [3.63, 3.8) is 0 Å². The molecule has 0 bridgehead atoms. The SMILES string of the molecule is Cn1c2c(n(C3CCC(=O)NC3=O)c1=O)=C=C=CC=2C1CCN(C(=O)OC(C)(C)C)CC1. The highest BCUT2D eigenvalue weighted by atomic mass is 16.6. The van der Waals surface area contributed by atoms with Gasteiger partial charge < -0.3 is 9.64 Å². The topological polar surface area (TPSA) is 103 Å². The van der Waals surface area contributed by atoms with Crippen molar-refractivity contribution in [3.8, 4) is 0 Å². The van der Waals surface area contributed by atoms with E-state index >= 15 is 0 Å². The first-order valence-electron chi connectivity index (χ1n) is 10.9. The van der Waals surface area contributed by atoms with E-state index in [4.69, 9.17) is 4.74 Å². The molecule has 3 aliphatic rings. The second kappa shape index (κ2) is 8.01. The number of carbonyl (C=O) groups excluding carboxylic acids is 3. The van der Waals surface area contributed by atoms with Gasteiger partial charge in [0.15, 0.2) is 0 Å². The van der Waals surface area contributed by atoms with E-state index < -0.39 is 17.6 Å². The van der Waals surface area contributed by atoms with E-state index in [1.165, 1.54) is 4.57 Å². The van der Waals surface area contributed by atoms with Gasteiger partial charge in [-0.1, -0.05) is 5.73 Å². The predicted octanol–water partition coefficient (Wildman–Crippen LogP) is 0.0666. The lowest BCUT2D eigenvalue weighted by atomic mass is 9.88. The Kier molecular flexibility index (Phi) is 5.49. The third-order valence-corrected chi connectivity index (χ3v) is 6.09. The summed E-state index contributed by atoms with van der Waals surface area (Å²) in [5.74, 6) is -0.668. The van der Waals surface area contributed by atoms with Crippen LogP contribution in [0.15, 0.2) is 16.6 Å². The molecule has 4 rings (SSSR count). The summed E-state index contributed by atoms with van der Waals surface area (Å²) < 4.78 is 8.44. The number of piperidine rings is 2. The largest absolute Gasteiger partial charge is 0.444 e. The number of hydrogen-bond acceptors (Lipinski definition) is 5. The van der Waals surface area contributed by atoms with E-state index in [0.29, 0.717) is 23.8 Å². The average Bonchev–Trinajstić information content (AvgIpc) is 2.98. The monoisotopic (exact) mass is 440 g/mol. The standard InChI is InChI=1S/C23H28N4O5/c1-23(2,3)32-22(31)26-12-10-14(11-13-26)15-6-5-7-16-19(15)25(4)21(30)27(16)17-8-9-18(28)24-20(17)29/h6,14,17H,8-13H2,1-4H3,(H,24,28,29). The number of fused-ring (bicyclic) bond motifs is 1. The molecule has 2 fully saturated rings. The second-order valence-corrected chi connectivity index (χ2v) is 9.49. The van der Waals surface area contributed by atoms with E-state index in [0.717, 1.165) is 18.4 Å². The fraction of sp³-hybridized carbons (Fsp3) is 0.565. The molecule has 9 nitrogen and oxygen atoms in total. The van der Waals surface area contributed by atoms with Crippen LogP contribution in [0.25, 0.3) is 11.3 Å². The van der Waals surface area contributed by atoms with Crippen LogP contribution < -0.4 is 21.7 Å². The molecule has 170 valence electrons. The Morgan fingerprint density at radius 1 is 1.16 bits per heavy atom. The van der Waals surface area contributed by atoms with Crippen LogP contribution >= 0.6 is 0 Å². The van der Waals surface area contributed by atoms with Gasteiger partial charge in [-0.2, -0.15) is 0 Å². The zero-order valence-electron chi connectivity index (χ0n) is 18.9. The fourth-order valence-electron chi connectivity index (χ4n) is 4.55. The van der Waals surface area contributed by atoms with Crippen LogP contribution in [0, 0.1) is 5.92 Å². The van der Waals surface area contributed by atoms with Gasteiger partial charge in [0.05, 0.1) is 5.35 Å². The summed E-state index contributed by atoms with van der Waals surface area (Å²) in [4.78, 5) is 51.1. The number of nitrogens with one attached hydrogen (secondary N) is 1. The van der Waals surface area contributed by atoms with Crippen LogP contribution in [0.3, 0.4) is 0 Å². The van der Waals surface area contributed by atoms with Gasteiger partial charge in [0, 0.05) is 26.6 Å². The van der Waals surface area contributed by atoms with Crippen LogP contribution in [0.4, 0.5) is 4.79 Å². The quantitative estimate of drug-likeness (QED) is 0.518. The molecule has 1 aromatic heterocycles. The maximum atomic E-state index is 13.1. The Balaban J connectivity index is 1.65. The highest BCUT2D eigenvalue weighted by molar-refractivity contribution is 5.99. The summed E-state index contributed by atoms with van der Waals surface area (Å²) in [6.07, 6.45) is 3.44. The number of imidazole rings is 1. The molecule has 0 radical (unpaired) electrons. The molecular weight excluding hydrogens is 412 g/mol. The van der Waals surface area contributed by atoms with Gasteiger partial charge >= 0.3 is 11.8 Å². The lowest BCUT2D eigenvalue weighted by Gasteiger charge is -2.33. The molecule has 9 heteroatoms. The Labute approximate surface area is 185 Å². The third-order valence-electron chi connectivity index (χ3n) is 6.09. The van der Waals surface area contributed by atoms with Gasteiger partial charge in [0.25, 0.3) is 0 Å². The Morgan fingerprint density at radius 3 is 2.47 bits per heavy atom. The molecule has 0 spiro atoms. The van der Waals surface area contributed by atoms with Crippen molar-refractivity contribution in [2.75, 3.05) is 13.1 Å². The number of carbonyl (C=O) groups is 3. The van der Waals surface area contributed by atoms with Crippen molar-refractivity contribution in [1.82, 2.24) is 19.4 Å². The first kappa shape index (κ1) is 21.9. The summed E-state index contributed by atoms with van der Waals surface area (Å²) in [5, 5.41) is 3.55. The maximum absolute atomic E-state index is 13.1. The predicted molar refractivity (Wildman–Crippen MR) is 116 cm³/mol. The van der Waals surface area contributed by atoms with Crippen LogP contribution in [0.2, 0.25) is 0 Å². The smallest absolute Gasteiger partial charge is 0.410 e. The van der Waals surface area contributed by atoms with Crippen LogP contribution in [0.1, 0.15) is 52.5 Å². The number of amides is 3. The molecule has 1 N–H and O–H groups in total. The highest BCUT2D eigenvalue weighted by Crippen LogP contribution is 2.27. The number of imide groups is 1. The summed E-state index contributed by atoms with van der Waals surface area (Å²) in [7, 11) is 1.68. The minimum absolute atomic E-state index is 0.130. The molecule has 0 saturated carbocycles. The van der Waals surface area contributed by atoms with Crippen molar-refractivity contribution in [3.05, 3.63) is 33.0 Å². The molecule has 3 heterocycles. The summed E-state index contributed by atoms with van der Waals surface area (Å²) in [6, 6.07) is -0.752. The first-order valence-corrected chi connectivity index (χ1v) is 10.9. The third kappa shape index (κ3) is 3.97. The second-order valence-electron chi connectivity index (χ2n) is 9.49. The van der Waals surface area contributed by atoms with Crippen LogP contribution in [0.5, 0.6) is 0 Å². The fourth-order valence-corrected chi connectivity index (χ4v) is 4.55. The first-order chi connectivity index (χ1) is 15.1. The van der Waals surface area contributed by atoms with Gasteiger partial charge in [-0.15, -0.1) is 0 Å². The van der Waals surface area contributed by atoms with E-state index in [1.807, 2.05) is 26.8 Å². The molecule has 2 aliphatic heterocycles. The zero-order chi connectivity index (χ0) is 23.2. The van der Waals surface area contributed by atoms with E-state index in [2.05, 4.69) is 16.8 Å². The zero-order valence-corrected chi connectivity index (χ0v) is 18.9. The number of allylic oxidation sites excluding steroid dienone is 1. The lowest BCUT2D eigenvalue weighted by Crippen LogP contribution is -2.48. The molecule has 1 aromatic rings. The van der Waals surface area contributed by atoms with Gasteiger partial charge in [-0.3, -0.25) is 24.0 Å². The van der Waals surface area contributed by atoms with Crippen LogP contribution in [-0.4, -0.2) is 50.6 Å². The Bertz CT molecular complexity index is 1240. The normalized spacial score (nSPS) is 21.3. The Hall–Kier alpha value is -3.28. The molecule has 0 aromatic carbocycles. The van der Waals surface area contributed by atoms with Crippen molar-refractivity contribution >= 4 is 29.2 Å². The lowest BCUT2D eigenvalue weighted by molar-refractivity contribution is -0.135. The molecule has 1 atom stereocenters. The van der Waals surface area contributed by atoms with Gasteiger partial charge in [-0.05, 0) is 63.3 Å². The van der Waals surface area contributed by atoms with Crippen molar-refractivity contribution in [2.45, 2.75) is 58.1 Å².